The molecule has 3 heterocycles. The minimum Gasteiger partial charge on any atom is -0.383 e. The third-order valence-corrected chi connectivity index (χ3v) is 6.56. The van der Waals surface area contributed by atoms with Gasteiger partial charge >= 0.3 is 0 Å². The van der Waals surface area contributed by atoms with E-state index >= 15 is 0 Å². The quantitative estimate of drug-likeness (QED) is 0.412. The van der Waals surface area contributed by atoms with Crippen LogP contribution >= 0.6 is 11.6 Å². The number of likely N-dealkylation sites (tertiary alicyclic amines) is 1. The molecule has 1 atom stereocenters. The highest BCUT2D eigenvalue weighted by atomic mass is 35.5. The maximum atomic E-state index is 13.7. The van der Waals surface area contributed by atoms with Crippen LogP contribution in [0.5, 0.6) is 0 Å². The molecule has 1 aliphatic heterocycles. The summed E-state index contributed by atoms with van der Waals surface area (Å²) >= 11 is 5.96. The lowest BCUT2D eigenvalue weighted by atomic mass is 10.0. The van der Waals surface area contributed by atoms with E-state index in [0.29, 0.717) is 35.7 Å². The summed E-state index contributed by atoms with van der Waals surface area (Å²) in [5.74, 6) is -0.765. The van der Waals surface area contributed by atoms with Crippen molar-refractivity contribution in [3.63, 3.8) is 0 Å². The second kappa shape index (κ2) is 10.0. The van der Waals surface area contributed by atoms with Gasteiger partial charge in [0, 0.05) is 60.3 Å². The van der Waals surface area contributed by atoms with E-state index in [-0.39, 0.29) is 29.2 Å². The zero-order valence-corrected chi connectivity index (χ0v) is 20.7. The molecule has 10 heteroatoms. The maximum Gasteiger partial charge on any atom is 0.255 e. The Morgan fingerprint density at radius 1 is 1.05 bits per heavy atom. The molecule has 0 bridgehead atoms. The minimum atomic E-state index is -0.422. The summed E-state index contributed by atoms with van der Waals surface area (Å²) in [6.07, 6.45) is 5.74. The van der Waals surface area contributed by atoms with Crippen molar-refractivity contribution >= 4 is 29.2 Å². The molecule has 37 heavy (non-hydrogen) atoms. The number of anilines is 1. The number of nitrogens with one attached hydrogen (secondary N) is 1. The number of benzene rings is 2. The number of hydrogen-bond donors (Lipinski definition) is 2. The highest BCUT2D eigenvalue weighted by Crippen LogP contribution is 2.26. The van der Waals surface area contributed by atoms with Crippen LogP contribution in [0, 0.1) is 5.82 Å². The number of carbonyl (C=O) groups excluding carboxylic acids is 2. The van der Waals surface area contributed by atoms with Gasteiger partial charge < -0.3 is 16.0 Å². The summed E-state index contributed by atoms with van der Waals surface area (Å²) in [7, 11) is 1.81. The average molecular weight is 519 g/mol. The normalized spacial score (nSPS) is 15.1. The molecule has 0 saturated carbocycles. The molecule has 1 aliphatic rings. The third kappa shape index (κ3) is 5.31. The monoisotopic (exact) mass is 518 g/mol. The number of nitrogens with zero attached hydrogens (tertiary/aromatic N) is 4. The predicted octanol–water partition coefficient (Wildman–Crippen LogP) is 4.17. The van der Waals surface area contributed by atoms with Crippen molar-refractivity contribution in [2.45, 2.75) is 12.5 Å². The largest absolute Gasteiger partial charge is 0.383 e. The fourth-order valence-electron chi connectivity index (χ4n) is 4.42. The Hall–Kier alpha value is -4.24. The second-order valence-electron chi connectivity index (χ2n) is 9.01. The van der Waals surface area contributed by atoms with E-state index in [1.807, 2.05) is 13.2 Å². The fraction of sp³-hybridized carbons (Fsp3) is 0.185. The number of aryl methyl sites for hydroxylation is 1. The Morgan fingerprint density at radius 3 is 2.54 bits per heavy atom. The number of carbonyl (C=O) groups is 2. The molecule has 0 unspecified atom stereocenters. The van der Waals surface area contributed by atoms with Gasteiger partial charge in [0.15, 0.2) is 0 Å². The molecule has 2 amide bonds. The molecule has 0 aliphatic carbocycles. The van der Waals surface area contributed by atoms with Crippen molar-refractivity contribution in [3.05, 3.63) is 89.1 Å². The van der Waals surface area contributed by atoms with Gasteiger partial charge in [-0.2, -0.15) is 5.10 Å². The lowest BCUT2D eigenvalue weighted by Crippen LogP contribution is -2.38. The predicted molar refractivity (Wildman–Crippen MR) is 139 cm³/mol. The molecule has 4 aromatic rings. The highest BCUT2D eigenvalue weighted by Gasteiger charge is 2.29. The Balaban J connectivity index is 1.23. The molecule has 1 saturated heterocycles. The zero-order valence-electron chi connectivity index (χ0n) is 20.0. The molecule has 5 rings (SSSR count). The number of hydrogen-bond acceptors (Lipinski definition) is 5. The first-order valence-corrected chi connectivity index (χ1v) is 12.1. The number of halogens is 2. The van der Waals surface area contributed by atoms with Crippen molar-refractivity contribution in [1.82, 2.24) is 25.0 Å². The van der Waals surface area contributed by atoms with E-state index in [1.165, 1.54) is 12.1 Å². The Bertz CT molecular complexity index is 1470. The van der Waals surface area contributed by atoms with Crippen LogP contribution in [0.2, 0.25) is 5.02 Å². The molecular weight excluding hydrogens is 495 g/mol. The van der Waals surface area contributed by atoms with Gasteiger partial charge in [0.25, 0.3) is 11.8 Å². The van der Waals surface area contributed by atoms with Gasteiger partial charge in [0.2, 0.25) is 0 Å². The molecule has 1 fully saturated rings. The van der Waals surface area contributed by atoms with Crippen LogP contribution in [-0.4, -0.2) is 50.6 Å². The van der Waals surface area contributed by atoms with Gasteiger partial charge in [-0.05, 0) is 53.9 Å². The van der Waals surface area contributed by atoms with Gasteiger partial charge in [0.05, 0.1) is 11.8 Å². The number of aromatic nitrogens is 3. The maximum absolute atomic E-state index is 13.7. The van der Waals surface area contributed by atoms with Crippen molar-refractivity contribution in [3.8, 4) is 22.3 Å². The van der Waals surface area contributed by atoms with Crippen LogP contribution in [-0.2, 0) is 7.05 Å². The lowest BCUT2D eigenvalue weighted by Gasteiger charge is -2.18. The van der Waals surface area contributed by atoms with Crippen LogP contribution in [0.1, 0.15) is 27.1 Å². The Morgan fingerprint density at radius 2 is 1.84 bits per heavy atom. The zero-order chi connectivity index (χ0) is 26.1. The molecular formula is C27H24ClFN6O2. The van der Waals surface area contributed by atoms with Gasteiger partial charge in [0.1, 0.15) is 11.6 Å². The van der Waals surface area contributed by atoms with Crippen molar-refractivity contribution in [2.24, 2.45) is 7.05 Å². The molecule has 8 nitrogen and oxygen atoms in total. The summed E-state index contributed by atoms with van der Waals surface area (Å²) in [5, 5.41) is 7.43. The molecule has 188 valence electrons. The van der Waals surface area contributed by atoms with E-state index in [4.69, 9.17) is 17.3 Å². The standard InChI is InChI=1S/C27H24ClFN6O2/c1-34-14-20(13-32-34)19-10-24(25(30)31-12-19)26(36)33-23-6-7-35(15-23)27(37)17-4-2-16(3-5-17)18-8-21(28)11-22(29)9-18/h2-5,8-14,23H,6-7,15H2,1H3,(H2,30,31)(H,33,36)/t23-/m1/s1. The molecule has 3 N–H and O–H groups in total. The smallest absolute Gasteiger partial charge is 0.255 e. The lowest BCUT2D eigenvalue weighted by molar-refractivity contribution is 0.0783. The van der Waals surface area contributed by atoms with Crippen molar-refractivity contribution < 1.29 is 14.0 Å². The fourth-order valence-corrected chi connectivity index (χ4v) is 4.64. The van der Waals surface area contributed by atoms with E-state index < -0.39 is 5.82 Å². The first-order chi connectivity index (χ1) is 17.8. The van der Waals surface area contributed by atoms with Gasteiger partial charge in [-0.25, -0.2) is 9.37 Å². The Labute approximate surface area is 217 Å². The molecule has 0 radical (unpaired) electrons. The van der Waals surface area contributed by atoms with E-state index in [1.54, 1.807) is 58.4 Å². The summed E-state index contributed by atoms with van der Waals surface area (Å²) in [4.78, 5) is 31.9. The van der Waals surface area contributed by atoms with Crippen molar-refractivity contribution in [2.75, 3.05) is 18.8 Å². The number of pyridine rings is 1. The van der Waals surface area contributed by atoms with Gasteiger partial charge in [-0.1, -0.05) is 23.7 Å². The third-order valence-electron chi connectivity index (χ3n) is 6.34. The van der Waals surface area contributed by atoms with Crippen molar-refractivity contribution in [1.29, 1.82) is 0 Å². The molecule has 2 aromatic heterocycles. The van der Waals surface area contributed by atoms with E-state index in [9.17, 15) is 14.0 Å². The second-order valence-corrected chi connectivity index (χ2v) is 9.44. The summed E-state index contributed by atoms with van der Waals surface area (Å²) < 4.78 is 15.4. The topological polar surface area (TPSA) is 106 Å². The number of nitrogen functional groups attached to an aromatic ring is 1. The highest BCUT2D eigenvalue weighted by molar-refractivity contribution is 6.30. The SMILES string of the molecule is Cn1cc(-c2cnc(N)c(C(=O)N[C@@H]3CCN(C(=O)c4ccc(-c5cc(F)cc(Cl)c5)cc4)C3)c2)cn1. The first-order valence-electron chi connectivity index (χ1n) is 11.7. The average Bonchev–Trinajstić information content (AvgIpc) is 3.52. The van der Waals surface area contributed by atoms with Crippen LogP contribution < -0.4 is 11.1 Å². The number of amides is 2. The van der Waals surface area contributed by atoms with E-state index in [2.05, 4.69) is 15.4 Å². The van der Waals surface area contributed by atoms with Crippen LogP contribution in [0.4, 0.5) is 10.2 Å². The van der Waals surface area contributed by atoms with Gasteiger partial charge in [-0.15, -0.1) is 0 Å². The summed E-state index contributed by atoms with van der Waals surface area (Å²) in [6, 6.07) is 12.7. The van der Waals surface area contributed by atoms with Crippen LogP contribution in [0.15, 0.2) is 67.1 Å². The van der Waals surface area contributed by atoms with Crippen LogP contribution in [0.3, 0.4) is 0 Å². The first kappa shape index (κ1) is 24.5. The Kier molecular flexibility index (Phi) is 6.62. The summed E-state index contributed by atoms with van der Waals surface area (Å²) in [5.41, 5.74) is 9.72. The number of rotatable bonds is 5. The molecule has 0 spiro atoms. The summed E-state index contributed by atoms with van der Waals surface area (Å²) in [6.45, 7) is 0.885. The van der Waals surface area contributed by atoms with Crippen LogP contribution in [0.25, 0.3) is 22.3 Å². The van der Waals surface area contributed by atoms with E-state index in [0.717, 1.165) is 16.7 Å². The van der Waals surface area contributed by atoms with Gasteiger partial charge in [-0.3, -0.25) is 14.3 Å². The molecule has 2 aromatic carbocycles. The number of nitrogens with two attached hydrogens (primary N) is 1. The minimum absolute atomic E-state index is 0.135.